The van der Waals surface area contributed by atoms with Crippen LogP contribution in [-0.4, -0.2) is 22.6 Å². The first kappa shape index (κ1) is 12.3. The smallest absolute Gasteiger partial charge is 0.151 e. The van der Waals surface area contributed by atoms with E-state index in [9.17, 15) is 4.39 Å². The van der Waals surface area contributed by atoms with E-state index in [1.54, 1.807) is 6.07 Å². The number of halogens is 1. The van der Waals surface area contributed by atoms with Crippen LogP contribution >= 0.6 is 0 Å². The highest BCUT2D eigenvalue weighted by atomic mass is 19.1. The lowest BCUT2D eigenvalue weighted by Crippen LogP contribution is -2.42. The van der Waals surface area contributed by atoms with E-state index in [2.05, 4.69) is 16.8 Å². The predicted octanol–water partition coefficient (Wildman–Crippen LogP) is 3.15. The molecular formula is C16H20FN3. The van der Waals surface area contributed by atoms with Gasteiger partial charge in [-0.05, 0) is 44.4 Å². The predicted molar refractivity (Wildman–Crippen MR) is 77.4 cm³/mol. The van der Waals surface area contributed by atoms with Crippen LogP contribution in [0.15, 0.2) is 18.2 Å². The van der Waals surface area contributed by atoms with Gasteiger partial charge in [-0.2, -0.15) is 0 Å². The molecule has 1 atom stereocenters. The minimum absolute atomic E-state index is 0.0201. The molecule has 0 spiro atoms. The molecule has 1 aliphatic carbocycles. The summed E-state index contributed by atoms with van der Waals surface area (Å²) in [5, 5.41) is 3.47. The highest BCUT2D eigenvalue weighted by Crippen LogP contribution is 2.43. The van der Waals surface area contributed by atoms with Crippen molar-refractivity contribution in [3.8, 4) is 0 Å². The van der Waals surface area contributed by atoms with Crippen molar-refractivity contribution >= 4 is 11.0 Å². The highest BCUT2D eigenvalue weighted by molar-refractivity contribution is 5.77. The number of benzene rings is 1. The molecule has 2 aliphatic rings. The molecule has 1 aromatic carbocycles. The summed E-state index contributed by atoms with van der Waals surface area (Å²) in [6, 6.07) is 5.84. The van der Waals surface area contributed by atoms with Crippen LogP contribution in [0.1, 0.15) is 44.5 Å². The third kappa shape index (κ3) is 1.78. The van der Waals surface area contributed by atoms with Crippen LogP contribution in [0, 0.1) is 5.82 Å². The molecule has 1 N–H and O–H groups in total. The SMILES string of the molecule is CC1(c2nc3c(F)cccc3n2C2CC2)CCCNC1. The molecular weight excluding hydrogens is 253 g/mol. The molecule has 0 bridgehead atoms. The van der Waals surface area contributed by atoms with Crippen LogP contribution < -0.4 is 5.32 Å². The van der Waals surface area contributed by atoms with E-state index in [0.717, 1.165) is 37.3 Å². The molecule has 1 saturated heterocycles. The first-order valence-corrected chi connectivity index (χ1v) is 7.57. The average Bonchev–Trinajstić information content (AvgIpc) is 3.20. The molecule has 0 radical (unpaired) electrons. The largest absolute Gasteiger partial charge is 0.324 e. The Bertz CT molecular complexity index is 651. The van der Waals surface area contributed by atoms with Crippen LogP contribution in [0.25, 0.3) is 11.0 Å². The van der Waals surface area contributed by atoms with Gasteiger partial charge >= 0.3 is 0 Å². The van der Waals surface area contributed by atoms with Crippen molar-refractivity contribution in [3.63, 3.8) is 0 Å². The molecule has 2 aromatic rings. The summed E-state index contributed by atoms with van der Waals surface area (Å²) in [4.78, 5) is 4.72. The van der Waals surface area contributed by atoms with Crippen LogP contribution in [0.2, 0.25) is 0 Å². The van der Waals surface area contributed by atoms with Gasteiger partial charge in [-0.3, -0.25) is 0 Å². The Hall–Kier alpha value is -1.42. The Balaban J connectivity index is 1.94. The number of imidazole rings is 1. The molecule has 4 heteroatoms. The number of para-hydroxylation sites is 1. The number of fused-ring (bicyclic) bond motifs is 1. The fourth-order valence-corrected chi connectivity index (χ4v) is 3.46. The monoisotopic (exact) mass is 273 g/mol. The lowest BCUT2D eigenvalue weighted by atomic mass is 9.82. The molecule has 4 rings (SSSR count). The Kier molecular flexibility index (Phi) is 2.64. The minimum Gasteiger partial charge on any atom is -0.324 e. The summed E-state index contributed by atoms with van der Waals surface area (Å²) in [6.45, 7) is 4.27. The van der Waals surface area contributed by atoms with Crippen molar-refractivity contribution in [2.24, 2.45) is 0 Å². The number of piperidine rings is 1. The minimum atomic E-state index is -0.199. The normalized spacial score (nSPS) is 27.1. The molecule has 2 fully saturated rings. The molecule has 1 aromatic heterocycles. The Labute approximate surface area is 118 Å². The topological polar surface area (TPSA) is 29.9 Å². The van der Waals surface area contributed by atoms with E-state index >= 15 is 0 Å². The van der Waals surface area contributed by atoms with E-state index in [1.807, 2.05) is 6.07 Å². The van der Waals surface area contributed by atoms with Gasteiger partial charge in [-0.25, -0.2) is 9.37 Å². The van der Waals surface area contributed by atoms with E-state index in [-0.39, 0.29) is 11.2 Å². The maximum Gasteiger partial charge on any atom is 0.151 e. The van der Waals surface area contributed by atoms with Gasteiger partial charge < -0.3 is 9.88 Å². The first-order valence-electron chi connectivity index (χ1n) is 7.57. The zero-order valence-electron chi connectivity index (χ0n) is 11.8. The first-order chi connectivity index (χ1) is 9.69. The summed E-state index contributed by atoms with van der Waals surface area (Å²) in [5.74, 6) is 0.878. The van der Waals surface area contributed by atoms with Gasteiger partial charge in [0.05, 0.1) is 5.52 Å². The van der Waals surface area contributed by atoms with E-state index in [4.69, 9.17) is 4.98 Å². The van der Waals surface area contributed by atoms with Crippen LogP contribution in [-0.2, 0) is 5.41 Å². The summed E-state index contributed by atoms with van der Waals surface area (Å²) in [6.07, 6.45) is 4.67. The molecule has 1 aliphatic heterocycles. The fraction of sp³-hybridized carbons (Fsp3) is 0.562. The van der Waals surface area contributed by atoms with E-state index in [0.29, 0.717) is 11.6 Å². The summed E-state index contributed by atoms with van der Waals surface area (Å²) in [7, 11) is 0. The third-order valence-electron chi connectivity index (χ3n) is 4.72. The molecule has 2 heterocycles. The Morgan fingerprint density at radius 2 is 2.25 bits per heavy atom. The number of hydrogen-bond acceptors (Lipinski definition) is 2. The van der Waals surface area contributed by atoms with Crippen LogP contribution in [0.4, 0.5) is 4.39 Å². The second-order valence-corrected chi connectivity index (χ2v) is 6.49. The van der Waals surface area contributed by atoms with Gasteiger partial charge in [0.15, 0.2) is 5.82 Å². The third-order valence-corrected chi connectivity index (χ3v) is 4.72. The Morgan fingerprint density at radius 1 is 1.40 bits per heavy atom. The number of nitrogens with zero attached hydrogens (tertiary/aromatic N) is 2. The highest BCUT2D eigenvalue weighted by Gasteiger charge is 2.38. The van der Waals surface area contributed by atoms with Crippen molar-refractivity contribution in [2.45, 2.75) is 44.1 Å². The average molecular weight is 273 g/mol. The number of aromatic nitrogens is 2. The number of rotatable bonds is 2. The van der Waals surface area contributed by atoms with Crippen molar-refractivity contribution < 1.29 is 4.39 Å². The molecule has 1 saturated carbocycles. The summed E-state index contributed by atoms with van der Waals surface area (Å²) in [5.41, 5.74) is 1.53. The maximum absolute atomic E-state index is 14.1. The summed E-state index contributed by atoms with van der Waals surface area (Å²) >= 11 is 0. The molecule has 106 valence electrons. The standard InChI is InChI=1S/C16H20FN3/c1-16(8-3-9-18-10-16)15-19-14-12(17)4-2-5-13(14)20(15)11-6-7-11/h2,4-5,11,18H,3,6-10H2,1H3. The number of nitrogens with one attached hydrogen (secondary N) is 1. The van der Waals surface area contributed by atoms with Crippen LogP contribution in [0.3, 0.4) is 0 Å². The lowest BCUT2D eigenvalue weighted by molar-refractivity contribution is 0.314. The number of hydrogen-bond donors (Lipinski definition) is 1. The van der Waals surface area contributed by atoms with Gasteiger partial charge in [0.25, 0.3) is 0 Å². The van der Waals surface area contributed by atoms with Crippen molar-refractivity contribution in [1.29, 1.82) is 0 Å². The van der Waals surface area contributed by atoms with Crippen LogP contribution in [0.5, 0.6) is 0 Å². The molecule has 0 amide bonds. The van der Waals surface area contributed by atoms with E-state index < -0.39 is 0 Å². The molecule has 20 heavy (non-hydrogen) atoms. The van der Waals surface area contributed by atoms with Crippen molar-refractivity contribution in [2.75, 3.05) is 13.1 Å². The second-order valence-electron chi connectivity index (χ2n) is 6.49. The van der Waals surface area contributed by atoms with Gasteiger partial charge in [0, 0.05) is 18.0 Å². The zero-order chi connectivity index (χ0) is 13.7. The fourth-order valence-electron chi connectivity index (χ4n) is 3.46. The quantitative estimate of drug-likeness (QED) is 0.911. The van der Waals surface area contributed by atoms with Gasteiger partial charge in [0.2, 0.25) is 0 Å². The Morgan fingerprint density at radius 3 is 2.95 bits per heavy atom. The van der Waals surface area contributed by atoms with Gasteiger partial charge in [0.1, 0.15) is 11.3 Å². The van der Waals surface area contributed by atoms with Gasteiger partial charge in [-0.1, -0.05) is 13.0 Å². The second kappa shape index (κ2) is 4.29. The lowest BCUT2D eigenvalue weighted by Gasteiger charge is -2.34. The maximum atomic E-state index is 14.1. The molecule has 1 unspecified atom stereocenters. The van der Waals surface area contributed by atoms with E-state index in [1.165, 1.54) is 18.9 Å². The molecule has 3 nitrogen and oxygen atoms in total. The zero-order valence-corrected chi connectivity index (χ0v) is 11.8. The summed E-state index contributed by atoms with van der Waals surface area (Å²) < 4.78 is 16.4. The van der Waals surface area contributed by atoms with Crippen molar-refractivity contribution in [1.82, 2.24) is 14.9 Å². The van der Waals surface area contributed by atoms with Gasteiger partial charge in [-0.15, -0.1) is 0 Å². The van der Waals surface area contributed by atoms with Crippen molar-refractivity contribution in [3.05, 3.63) is 29.8 Å².